The second-order valence-electron chi connectivity index (χ2n) is 4.27. The second kappa shape index (κ2) is 5.63. The molecule has 0 saturated heterocycles. The minimum atomic E-state index is -3.06. The molecule has 18 heavy (non-hydrogen) atoms. The quantitative estimate of drug-likeness (QED) is 0.600. The van der Waals surface area contributed by atoms with E-state index in [1.165, 1.54) is 19.3 Å². The van der Waals surface area contributed by atoms with E-state index in [-0.39, 0.29) is 6.10 Å². The van der Waals surface area contributed by atoms with Gasteiger partial charge in [-0.15, -0.1) is 0 Å². The van der Waals surface area contributed by atoms with Gasteiger partial charge in [-0.1, -0.05) is 18.2 Å². The number of carbonyl (C=O) groups is 1. The van der Waals surface area contributed by atoms with Crippen molar-refractivity contribution in [3.8, 4) is 0 Å². The van der Waals surface area contributed by atoms with E-state index in [1.54, 1.807) is 26.0 Å². The van der Waals surface area contributed by atoms with Crippen molar-refractivity contribution in [2.75, 3.05) is 7.11 Å². The van der Waals surface area contributed by atoms with Gasteiger partial charge < -0.3 is 14.4 Å². The summed E-state index contributed by atoms with van der Waals surface area (Å²) in [5, 5.41) is 8.89. The molecule has 0 spiro atoms. The molecule has 0 aromatic heterocycles. The van der Waals surface area contributed by atoms with Crippen LogP contribution in [0.3, 0.4) is 0 Å². The summed E-state index contributed by atoms with van der Waals surface area (Å²) in [5.41, 5.74) is 5.84. The Morgan fingerprint density at radius 1 is 1.56 bits per heavy atom. The third kappa shape index (κ3) is 2.90. The highest BCUT2D eigenvalue weighted by molar-refractivity contribution is 8.11. The van der Waals surface area contributed by atoms with Gasteiger partial charge in [0, 0.05) is 7.11 Å². The molecule has 3 N–H and O–H groups in total. The summed E-state index contributed by atoms with van der Waals surface area (Å²) in [6.45, 7) is 3.46. The number of esters is 1. The molecule has 3 unspecified atom stereocenters. The molecular weight excluding hydrogens is 273 g/mol. The number of aliphatic hydroxyl groups is 1. The molecule has 1 aliphatic rings. The van der Waals surface area contributed by atoms with Crippen LogP contribution in [-0.2, 0) is 25.9 Å². The molecule has 5 nitrogen and oxygen atoms in total. The van der Waals surface area contributed by atoms with Gasteiger partial charge in [0.1, 0.15) is 5.92 Å². The fraction of sp³-hybridized carbons (Fsp3) is 0.545. The van der Waals surface area contributed by atoms with Gasteiger partial charge in [-0.05, 0) is 31.7 Å². The van der Waals surface area contributed by atoms with E-state index in [1.807, 2.05) is 0 Å². The van der Waals surface area contributed by atoms with Crippen LogP contribution < -0.4 is 5.50 Å². The standard InChI is InChI=1S/C11H18NO4PS/c1-8(2)16-10(13)9-6-4-5-7-11(9,14)17(12,18)15-3/h4-9,14H,1-3H3,(H2,12,18). The lowest BCUT2D eigenvalue weighted by Gasteiger charge is -2.38. The summed E-state index contributed by atoms with van der Waals surface area (Å²) in [5.74, 6) is -1.51. The van der Waals surface area contributed by atoms with Gasteiger partial charge in [-0.25, -0.2) is 0 Å². The highest BCUT2D eigenvalue weighted by Gasteiger charge is 2.49. The summed E-state index contributed by atoms with van der Waals surface area (Å²) in [4.78, 5) is 12.0. The Balaban J connectivity index is 3.09. The molecule has 0 aliphatic heterocycles. The topological polar surface area (TPSA) is 81.8 Å². The number of carbonyl (C=O) groups excluding carboxylic acids is 1. The Hall–Kier alpha value is -0.520. The highest BCUT2D eigenvalue weighted by Crippen LogP contribution is 2.56. The lowest BCUT2D eigenvalue weighted by molar-refractivity contribution is -0.154. The molecular formula is C11H18NO4PS. The van der Waals surface area contributed by atoms with Crippen molar-refractivity contribution in [3.63, 3.8) is 0 Å². The van der Waals surface area contributed by atoms with Crippen molar-refractivity contribution >= 4 is 24.2 Å². The van der Waals surface area contributed by atoms with Gasteiger partial charge in [0.2, 0.25) is 0 Å². The molecule has 102 valence electrons. The van der Waals surface area contributed by atoms with Crippen molar-refractivity contribution in [1.82, 2.24) is 0 Å². The summed E-state index contributed by atoms with van der Waals surface area (Å²) < 4.78 is 10.1. The first-order valence-corrected chi connectivity index (χ1v) is 8.27. The van der Waals surface area contributed by atoms with E-state index in [2.05, 4.69) is 0 Å². The molecule has 0 fully saturated rings. The summed E-state index contributed by atoms with van der Waals surface area (Å²) in [7, 11) is 1.33. The van der Waals surface area contributed by atoms with Crippen LogP contribution in [0.1, 0.15) is 13.8 Å². The highest BCUT2D eigenvalue weighted by atomic mass is 32.4. The predicted octanol–water partition coefficient (Wildman–Crippen LogP) is 1.28. The largest absolute Gasteiger partial charge is 0.462 e. The van der Waals surface area contributed by atoms with E-state index in [0.717, 1.165) is 0 Å². The average molecular weight is 291 g/mol. The third-order valence-electron chi connectivity index (χ3n) is 2.59. The maximum absolute atomic E-state index is 12.0. The maximum Gasteiger partial charge on any atom is 0.316 e. The molecule has 0 radical (unpaired) electrons. The molecule has 0 bridgehead atoms. The Morgan fingerprint density at radius 3 is 2.67 bits per heavy atom. The SMILES string of the molecule is COP(N)(=S)C1(O)C=CC=CC1C(=O)OC(C)C. The van der Waals surface area contributed by atoms with Gasteiger partial charge in [0.15, 0.2) is 11.8 Å². The van der Waals surface area contributed by atoms with Crippen LogP contribution in [0.5, 0.6) is 0 Å². The second-order valence-corrected chi connectivity index (χ2v) is 8.17. The number of hydrogen-bond acceptors (Lipinski definition) is 5. The van der Waals surface area contributed by atoms with E-state index in [9.17, 15) is 9.90 Å². The van der Waals surface area contributed by atoms with E-state index in [0.29, 0.717) is 0 Å². The predicted molar refractivity (Wildman–Crippen MR) is 73.4 cm³/mol. The van der Waals surface area contributed by atoms with E-state index < -0.39 is 23.6 Å². The first kappa shape index (κ1) is 15.5. The van der Waals surface area contributed by atoms with Crippen LogP contribution in [-0.4, -0.2) is 29.6 Å². The normalized spacial score (nSPS) is 30.2. The number of hydrogen-bond donors (Lipinski definition) is 2. The van der Waals surface area contributed by atoms with Crippen molar-refractivity contribution in [2.24, 2.45) is 11.4 Å². The van der Waals surface area contributed by atoms with Gasteiger partial charge in [0.25, 0.3) is 0 Å². The third-order valence-corrected chi connectivity index (χ3v) is 5.88. The molecule has 0 heterocycles. The summed E-state index contributed by atoms with van der Waals surface area (Å²) >= 11 is 5.11. The van der Waals surface area contributed by atoms with Gasteiger partial charge in [0.05, 0.1) is 6.10 Å². The van der Waals surface area contributed by atoms with Crippen LogP contribution >= 0.6 is 6.42 Å². The number of rotatable bonds is 4. The Kier molecular flexibility index (Phi) is 4.86. The van der Waals surface area contributed by atoms with Crippen LogP contribution in [0, 0.1) is 5.92 Å². The van der Waals surface area contributed by atoms with Crippen molar-refractivity contribution in [2.45, 2.75) is 25.3 Å². The van der Waals surface area contributed by atoms with Crippen LogP contribution in [0.15, 0.2) is 24.3 Å². The number of allylic oxidation sites excluding steroid dienone is 2. The molecule has 3 atom stereocenters. The van der Waals surface area contributed by atoms with E-state index >= 15 is 0 Å². The summed E-state index contributed by atoms with van der Waals surface area (Å²) in [6.07, 6.45) is 2.82. The lowest BCUT2D eigenvalue weighted by Crippen LogP contribution is -2.44. The Morgan fingerprint density at radius 2 is 2.17 bits per heavy atom. The van der Waals surface area contributed by atoms with Gasteiger partial charge in [-0.2, -0.15) is 0 Å². The number of nitrogens with two attached hydrogens (primary N) is 1. The Labute approximate surface area is 112 Å². The van der Waals surface area contributed by atoms with Crippen molar-refractivity contribution in [3.05, 3.63) is 24.3 Å². The van der Waals surface area contributed by atoms with Gasteiger partial charge >= 0.3 is 5.97 Å². The lowest BCUT2D eigenvalue weighted by atomic mass is 9.97. The van der Waals surface area contributed by atoms with Crippen LogP contribution in [0.25, 0.3) is 0 Å². The molecule has 0 saturated carbocycles. The van der Waals surface area contributed by atoms with Crippen LogP contribution in [0.4, 0.5) is 0 Å². The molecule has 1 rings (SSSR count). The zero-order chi connectivity index (χ0) is 14.0. The maximum atomic E-state index is 12.0. The molecule has 1 aliphatic carbocycles. The summed E-state index contributed by atoms with van der Waals surface area (Å²) in [6, 6.07) is 0. The van der Waals surface area contributed by atoms with Gasteiger partial charge in [-0.3, -0.25) is 10.3 Å². The van der Waals surface area contributed by atoms with E-state index in [4.69, 9.17) is 26.6 Å². The molecule has 0 aromatic rings. The minimum absolute atomic E-state index is 0.278. The van der Waals surface area contributed by atoms with Crippen molar-refractivity contribution < 1.29 is 19.2 Å². The molecule has 0 aromatic carbocycles. The zero-order valence-corrected chi connectivity index (χ0v) is 12.3. The average Bonchev–Trinajstić information content (AvgIpc) is 2.28. The fourth-order valence-electron chi connectivity index (χ4n) is 1.62. The Bertz CT molecular complexity index is 435. The number of ether oxygens (including phenoxy) is 1. The zero-order valence-electron chi connectivity index (χ0n) is 10.6. The molecule has 0 amide bonds. The smallest absolute Gasteiger partial charge is 0.316 e. The first-order valence-electron chi connectivity index (χ1n) is 5.48. The minimum Gasteiger partial charge on any atom is -0.462 e. The molecule has 7 heteroatoms. The fourth-order valence-corrected chi connectivity index (χ4v) is 3.31. The monoisotopic (exact) mass is 291 g/mol. The van der Waals surface area contributed by atoms with Crippen LogP contribution in [0.2, 0.25) is 0 Å². The van der Waals surface area contributed by atoms with Crippen molar-refractivity contribution in [1.29, 1.82) is 0 Å². The first-order chi connectivity index (χ1) is 8.24.